The molecule has 3 aromatic rings. The van der Waals surface area contributed by atoms with Gasteiger partial charge in [0.1, 0.15) is 18.7 Å². The Morgan fingerprint density at radius 2 is 1.48 bits per heavy atom. The highest BCUT2D eigenvalue weighted by Gasteiger charge is 2.34. The van der Waals surface area contributed by atoms with E-state index in [4.69, 9.17) is 4.74 Å². The third-order valence-corrected chi connectivity index (χ3v) is 7.62. The Morgan fingerprint density at radius 1 is 0.875 bits per heavy atom. The molecule has 5 rings (SSSR count). The minimum absolute atomic E-state index is 0.0922. The van der Waals surface area contributed by atoms with Gasteiger partial charge < -0.3 is 20.5 Å². The fraction of sp³-hybridized carbons (Fsp3) is 0.344. The van der Waals surface area contributed by atoms with Crippen LogP contribution < -0.4 is 10.6 Å². The standard InChI is InChI=1S/C32H35N3O5/c1-35(18-22-9-3-2-4-10-22)19-29(31(37)38)33-30(36)28(17-21-15-16-21)34-32(39)40-20-27-25-13-7-5-11-23(25)24-12-6-8-14-26(24)27/h2-14,21,27-29H,15-20H2,1H3,(H,33,36)(H,34,39)(H,37,38)/t28-,29?/m0/s1. The van der Waals surface area contributed by atoms with Crippen molar-refractivity contribution in [2.75, 3.05) is 20.2 Å². The Bertz CT molecular complexity index is 1310. The number of nitrogens with one attached hydrogen (secondary N) is 2. The van der Waals surface area contributed by atoms with E-state index in [0.29, 0.717) is 18.9 Å². The van der Waals surface area contributed by atoms with Gasteiger partial charge >= 0.3 is 12.1 Å². The quantitative estimate of drug-likeness (QED) is 0.314. The van der Waals surface area contributed by atoms with E-state index in [1.165, 1.54) is 0 Å². The molecule has 2 amide bonds. The first-order valence-electron chi connectivity index (χ1n) is 13.8. The molecule has 0 saturated heterocycles. The van der Waals surface area contributed by atoms with Crippen molar-refractivity contribution in [3.63, 3.8) is 0 Å². The van der Waals surface area contributed by atoms with Gasteiger partial charge in [-0.1, -0.05) is 91.7 Å². The fourth-order valence-electron chi connectivity index (χ4n) is 5.43. The van der Waals surface area contributed by atoms with Crippen LogP contribution in [0.5, 0.6) is 0 Å². The summed E-state index contributed by atoms with van der Waals surface area (Å²) in [5, 5.41) is 15.2. The molecule has 2 aliphatic carbocycles. The van der Waals surface area contributed by atoms with E-state index < -0.39 is 30.1 Å². The molecule has 2 atom stereocenters. The number of carbonyl (C=O) groups excluding carboxylic acids is 2. The van der Waals surface area contributed by atoms with Gasteiger partial charge in [0, 0.05) is 19.0 Å². The number of ether oxygens (including phenoxy) is 1. The maximum absolute atomic E-state index is 13.2. The third-order valence-electron chi connectivity index (χ3n) is 7.62. The SMILES string of the molecule is CN(Cc1ccccc1)CC(NC(=O)[C@H](CC1CC1)NC(=O)OCC1c2ccccc2-c2ccccc21)C(=O)O. The lowest BCUT2D eigenvalue weighted by atomic mass is 9.98. The van der Waals surface area contributed by atoms with E-state index >= 15 is 0 Å². The van der Waals surface area contributed by atoms with Gasteiger partial charge in [0.15, 0.2) is 0 Å². The first kappa shape index (κ1) is 27.4. The zero-order chi connectivity index (χ0) is 28.1. The first-order chi connectivity index (χ1) is 19.4. The number of nitrogens with zero attached hydrogens (tertiary/aromatic N) is 1. The number of rotatable bonds is 12. The molecule has 3 aromatic carbocycles. The summed E-state index contributed by atoms with van der Waals surface area (Å²) in [5.41, 5.74) is 5.52. The molecule has 8 heteroatoms. The number of likely N-dealkylation sites (N-methyl/N-ethyl adjacent to an activating group) is 1. The van der Waals surface area contributed by atoms with Crippen LogP contribution in [0.1, 0.15) is 41.9 Å². The molecule has 208 valence electrons. The largest absolute Gasteiger partial charge is 0.480 e. The van der Waals surface area contributed by atoms with Gasteiger partial charge in [-0.15, -0.1) is 0 Å². The summed E-state index contributed by atoms with van der Waals surface area (Å²) in [7, 11) is 1.81. The van der Waals surface area contributed by atoms with Crippen molar-refractivity contribution in [2.45, 2.75) is 43.8 Å². The van der Waals surface area contributed by atoms with E-state index in [0.717, 1.165) is 40.7 Å². The summed E-state index contributed by atoms with van der Waals surface area (Å²) in [6.07, 6.45) is 1.73. The van der Waals surface area contributed by atoms with Crippen molar-refractivity contribution < 1.29 is 24.2 Å². The van der Waals surface area contributed by atoms with Gasteiger partial charge in [0.2, 0.25) is 5.91 Å². The highest BCUT2D eigenvalue weighted by molar-refractivity contribution is 5.89. The Morgan fingerprint density at radius 3 is 2.08 bits per heavy atom. The van der Waals surface area contributed by atoms with Crippen LogP contribution in [0.25, 0.3) is 11.1 Å². The molecule has 8 nitrogen and oxygen atoms in total. The summed E-state index contributed by atoms with van der Waals surface area (Å²) in [5.74, 6) is -1.40. The maximum atomic E-state index is 13.2. The van der Waals surface area contributed by atoms with Crippen LogP contribution in [-0.2, 0) is 20.9 Å². The Hall–Kier alpha value is -4.17. The maximum Gasteiger partial charge on any atom is 0.407 e. The van der Waals surface area contributed by atoms with Crippen molar-refractivity contribution in [3.8, 4) is 11.1 Å². The van der Waals surface area contributed by atoms with Crippen molar-refractivity contribution in [2.24, 2.45) is 5.92 Å². The number of fused-ring (bicyclic) bond motifs is 3. The van der Waals surface area contributed by atoms with Gasteiger partial charge in [-0.3, -0.25) is 9.69 Å². The number of carbonyl (C=O) groups is 3. The number of carboxylic acids is 1. The van der Waals surface area contributed by atoms with Crippen LogP contribution in [0.3, 0.4) is 0 Å². The molecular weight excluding hydrogens is 506 g/mol. The Kier molecular flexibility index (Phi) is 8.45. The molecule has 2 aliphatic rings. The molecule has 1 unspecified atom stereocenters. The van der Waals surface area contributed by atoms with Crippen LogP contribution in [0.2, 0.25) is 0 Å². The second-order valence-corrected chi connectivity index (χ2v) is 10.8. The third kappa shape index (κ3) is 6.69. The van der Waals surface area contributed by atoms with Crippen LogP contribution in [-0.4, -0.2) is 60.3 Å². The van der Waals surface area contributed by atoms with Crippen LogP contribution >= 0.6 is 0 Å². The predicted octanol–water partition coefficient (Wildman–Crippen LogP) is 4.40. The lowest BCUT2D eigenvalue weighted by Crippen LogP contribution is -2.54. The van der Waals surface area contributed by atoms with Crippen molar-refractivity contribution in [1.82, 2.24) is 15.5 Å². The van der Waals surface area contributed by atoms with Crippen LogP contribution in [0, 0.1) is 5.92 Å². The van der Waals surface area contributed by atoms with E-state index in [9.17, 15) is 19.5 Å². The average molecular weight is 542 g/mol. The minimum atomic E-state index is -1.13. The average Bonchev–Trinajstić information content (AvgIpc) is 3.71. The molecule has 0 spiro atoms. The van der Waals surface area contributed by atoms with Crippen LogP contribution in [0.15, 0.2) is 78.9 Å². The summed E-state index contributed by atoms with van der Waals surface area (Å²) in [6.45, 7) is 0.806. The molecule has 3 N–H and O–H groups in total. The van der Waals surface area contributed by atoms with Gasteiger partial charge in [0.25, 0.3) is 0 Å². The molecule has 0 radical (unpaired) electrons. The summed E-state index contributed by atoms with van der Waals surface area (Å²) in [6, 6.07) is 23.9. The number of benzene rings is 3. The monoisotopic (exact) mass is 541 g/mol. The fourth-order valence-corrected chi connectivity index (χ4v) is 5.43. The number of carboxylic acid groups (broad SMARTS) is 1. The molecule has 0 heterocycles. The normalized spacial score (nSPS) is 15.6. The highest BCUT2D eigenvalue weighted by Crippen LogP contribution is 2.44. The smallest absolute Gasteiger partial charge is 0.407 e. The van der Waals surface area contributed by atoms with Gasteiger partial charge in [-0.25, -0.2) is 9.59 Å². The Labute approximate surface area is 234 Å². The number of hydrogen-bond donors (Lipinski definition) is 3. The number of alkyl carbamates (subject to hydrolysis) is 1. The summed E-state index contributed by atoms with van der Waals surface area (Å²) < 4.78 is 5.65. The van der Waals surface area contributed by atoms with E-state index in [1.807, 2.05) is 78.7 Å². The summed E-state index contributed by atoms with van der Waals surface area (Å²) >= 11 is 0. The number of hydrogen-bond acceptors (Lipinski definition) is 5. The molecule has 1 saturated carbocycles. The van der Waals surface area contributed by atoms with Gasteiger partial charge in [-0.2, -0.15) is 0 Å². The van der Waals surface area contributed by atoms with Crippen molar-refractivity contribution in [1.29, 1.82) is 0 Å². The minimum Gasteiger partial charge on any atom is -0.480 e. The van der Waals surface area contributed by atoms with E-state index in [2.05, 4.69) is 22.8 Å². The number of amides is 2. The lowest BCUT2D eigenvalue weighted by Gasteiger charge is -2.25. The second-order valence-electron chi connectivity index (χ2n) is 10.8. The lowest BCUT2D eigenvalue weighted by molar-refractivity contribution is -0.142. The molecule has 0 aromatic heterocycles. The zero-order valence-corrected chi connectivity index (χ0v) is 22.6. The van der Waals surface area contributed by atoms with Crippen molar-refractivity contribution >= 4 is 18.0 Å². The predicted molar refractivity (Wildman–Crippen MR) is 152 cm³/mol. The highest BCUT2D eigenvalue weighted by atomic mass is 16.5. The summed E-state index contributed by atoms with van der Waals surface area (Å²) in [4.78, 5) is 40.0. The van der Waals surface area contributed by atoms with Crippen LogP contribution in [0.4, 0.5) is 4.79 Å². The molecular formula is C32H35N3O5. The molecule has 40 heavy (non-hydrogen) atoms. The first-order valence-corrected chi connectivity index (χ1v) is 13.8. The zero-order valence-electron chi connectivity index (χ0n) is 22.6. The van der Waals surface area contributed by atoms with Gasteiger partial charge in [0.05, 0.1) is 0 Å². The van der Waals surface area contributed by atoms with Crippen molar-refractivity contribution in [3.05, 3.63) is 95.6 Å². The molecule has 0 bridgehead atoms. The topological polar surface area (TPSA) is 108 Å². The number of aliphatic carboxylic acids is 1. The molecule has 0 aliphatic heterocycles. The van der Waals surface area contributed by atoms with E-state index in [1.54, 1.807) is 0 Å². The molecule has 1 fully saturated rings. The van der Waals surface area contributed by atoms with Gasteiger partial charge in [-0.05, 0) is 47.2 Å². The second kappa shape index (κ2) is 12.3. The van der Waals surface area contributed by atoms with E-state index in [-0.39, 0.29) is 19.1 Å². The Balaban J connectivity index is 1.19.